The molecule has 2 aliphatic rings. The van der Waals surface area contributed by atoms with Crippen molar-refractivity contribution in [3.63, 3.8) is 0 Å². The maximum atomic E-state index is 13.9. The molecule has 4 N–H and O–H groups in total. The predicted octanol–water partition coefficient (Wildman–Crippen LogP) is 1.05. The zero-order valence-electron chi connectivity index (χ0n) is 25.8. The second-order valence-corrected chi connectivity index (χ2v) is 13.9. The van der Waals surface area contributed by atoms with Gasteiger partial charge in [0, 0.05) is 33.1 Å². The third kappa shape index (κ3) is 9.91. The molecule has 1 aromatic rings. The molecule has 1 aromatic carbocycles. The van der Waals surface area contributed by atoms with Crippen LogP contribution in [0.15, 0.2) is 30.3 Å². The van der Waals surface area contributed by atoms with E-state index in [1.54, 1.807) is 18.7 Å². The van der Waals surface area contributed by atoms with Crippen molar-refractivity contribution in [2.24, 2.45) is 11.7 Å². The van der Waals surface area contributed by atoms with Gasteiger partial charge in [0.15, 0.2) is 0 Å². The number of carbonyl (C=O) groups is 4. The van der Waals surface area contributed by atoms with Gasteiger partial charge in [-0.25, -0.2) is 13.2 Å². The predicted molar refractivity (Wildman–Crippen MR) is 162 cm³/mol. The van der Waals surface area contributed by atoms with Gasteiger partial charge in [-0.05, 0) is 57.4 Å². The molecule has 0 aromatic heterocycles. The number of nitrogens with two attached hydrogens (primary N) is 1. The Bertz CT molecular complexity index is 1310. The van der Waals surface area contributed by atoms with Crippen LogP contribution >= 0.6 is 0 Å². The van der Waals surface area contributed by atoms with Crippen molar-refractivity contribution in [2.45, 2.75) is 70.6 Å². The molecule has 14 nitrogen and oxygen atoms in total. The normalized spacial score (nSPS) is 18.5. The number of piperidine rings is 1. The van der Waals surface area contributed by atoms with Crippen LogP contribution in [0.25, 0.3) is 0 Å². The van der Waals surface area contributed by atoms with Gasteiger partial charge in [-0.15, -0.1) is 0 Å². The van der Waals surface area contributed by atoms with Crippen LogP contribution in [0.2, 0.25) is 0 Å². The number of nitrogens with one attached hydrogen (secondary N) is 2. The summed E-state index contributed by atoms with van der Waals surface area (Å²) in [5.41, 5.74) is 5.26. The minimum absolute atomic E-state index is 0.0815. The molecule has 2 aliphatic heterocycles. The number of amides is 3. The standard InChI is InChI=1S/C29H44N6O8S/c1-20(36)42-19-29(2,3)43-28(39)32-27(31)33-15-12-22(13-16-33)18-35(44(4,40)41)24(17-21-9-6-5-7-10-21)26(38)34-14-8-11-23(34)25(30)37/h5-7,9-10,22-24H,8,11-19H2,1-4H3,(H2,30,37)(H2,31,32,39)/t23-,24+/m0/s1. The topological polar surface area (TPSA) is 192 Å². The summed E-state index contributed by atoms with van der Waals surface area (Å²) in [6.07, 6.45) is 2.40. The van der Waals surface area contributed by atoms with Crippen LogP contribution in [0.5, 0.6) is 0 Å². The maximum Gasteiger partial charge on any atom is 0.414 e. The van der Waals surface area contributed by atoms with Crippen LogP contribution in [0.4, 0.5) is 4.79 Å². The number of guanidine groups is 1. The van der Waals surface area contributed by atoms with Crippen molar-refractivity contribution in [1.82, 2.24) is 19.4 Å². The molecule has 0 aliphatic carbocycles. The Morgan fingerprint density at radius 1 is 1.11 bits per heavy atom. The lowest BCUT2D eigenvalue weighted by Gasteiger charge is -2.38. The van der Waals surface area contributed by atoms with E-state index in [2.05, 4.69) is 5.32 Å². The molecule has 0 bridgehead atoms. The fraction of sp³-hybridized carbons (Fsp3) is 0.621. The van der Waals surface area contributed by atoms with Gasteiger partial charge in [0.2, 0.25) is 27.8 Å². The second kappa shape index (κ2) is 14.8. The van der Waals surface area contributed by atoms with Gasteiger partial charge >= 0.3 is 12.1 Å². The number of hydrogen-bond acceptors (Lipinski definition) is 9. The Kier molecular flexibility index (Phi) is 11.7. The van der Waals surface area contributed by atoms with Gasteiger partial charge in [-0.1, -0.05) is 30.3 Å². The summed E-state index contributed by atoms with van der Waals surface area (Å²) in [4.78, 5) is 52.5. The highest BCUT2D eigenvalue weighted by molar-refractivity contribution is 7.88. The van der Waals surface area contributed by atoms with Crippen LogP contribution in [-0.4, -0.2) is 109 Å². The fourth-order valence-electron chi connectivity index (χ4n) is 5.51. The molecule has 3 amide bonds. The zero-order valence-corrected chi connectivity index (χ0v) is 26.6. The highest BCUT2D eigenvalue weighted by Gasteiger charge is 2.42. The molecule has 0 spiro atoms. The summed E-state index contributed by atoms with van der Waals surface area (Å²) in [5.74, 6) is -1.85. The molecule has 244 valence electrons. The average Bonchev–Trinajstić information content (AvgIpc) is 3.44. The van der Waals surface area contributed by atoms with E-state index in [1.807, 2.05) is 30.3 Å². The first kappa shape index (κ1) is 34.8. The van der Waals surface area contributed by atoms with E-state index < -0.39 is 51.6 Å². The lowest BCUT2D eigenvalue weighted by Crippen LogP contribution is -2.56. The number of sulfonamides is 1. The zero-order chi connectivity index (χ0) is 32.7. The second-order valence-electron chi connectivity index (χ2n) is 12.0. The summed E-state index contributed by atoms with van der Waals surface area (Å²) in [6.45, 7) is 5.40. The van der Waals surface area contributed by atoms with E-state index in [1.165, 1.54) is 16.1 Å². The number of hydrogen-bond donors (Lipinski definition) is 3. The molecule has 0 saturated carbocycles. The number of benzene rings is 1. The van der Waals surface area contributed by atoms with E-state index in [0.29, 0.717) is 45.3 Å². The van der Waals surface area contributed by atoms with Crippen molar-refractivity contribution in [2.75, 3.05) is 39.0 Å². The lowest BCUT2D eigenvalue weighted by molar-refractivity contribution is -0.147. The van der Waals surface area contributed by atoms with E-state index in [0.717, 1.165) is 11.8 Å². The van der Waals surface area contributed by atoms with E-state index in [-0.39, 0.29) is 31.4 Å². The molecule has 2 saturated heterocycles. The van der Waals surface area contributed by atoms with Gasteiger partial charge in [-0.3, -0.25) is 25.1 Å². The Morgan fingerprint density at radius 2 is 1.75 bits per heavy atom. The Morgan fingerprint density at radius 3 is 2.32 bits per heavy atom. The van der Waals surface area contributed by atoms with Crippen LogP contribution in [0, 0.1) is 11.3 Å². The molecule has 2 fully saturated rings. The van der Waals surface area contributed by atoms with Crippen molar-refractivity contribution in [3.8, 4) is 0 Å². The largest absolute Gasteiger partial charge is 0.462 e. The van der Waals surface area contributed by atoms with Crippen molar-refractivity contribution in [3.05, 3.63) is 35.9 Å². The van der Waals surface area contributed by atoms with Gasteiger partial charge in [0.1, 0.15) is 24.3 Å². The average molecular weight is 637 g/mol. The van der Waals surface area contributed by atoms with E-state index >= 15 is 0 Å². The highest BCUT2D eigenvalue weighted by Crippen LogP contribution is 2.26. The number of alkyl carbamates (subject to hydrolysis) is 1. The number of rotatable bonds is 11. The van der Waals surface area contributed by atoms with Gasteiger partial charge < -0.3 is 25.0 Å². The number of nitrogens with zero attached hydrogens (tertiary/aromatic N) is 3. The SMILES string of the molecule is CC(=O)OCC(C)(C)OC(=O)NC(=N)N1CCC(CN([C@H](Cc2ccccc2)C(=O)N2CCC[C@H]2C(N)=O)S(C)(=O)=O)CC1. The first-order valence-corrected chi connectivity index (χ1v) is 16.5. The fourth-order valence-corrected chi connectivity index (χ4v) is 6.62. The minimum atomic E-state index is -3.86. The number of carbonyl (C=O) groups excluding carboxylic acids is 4. The number of esters is 1. The first-order valence-electron chi connectivity index (χ1n) is 14.6. The molecule has 15 heteroatoms. The van der Waals surface area contributed by atoms with Gasteiger partial charge in [0.05, 0.1) is 6.26 Å². The summed E-state index contributed by atoms with van der Waals surface area (Å²) in [6, 6.07) is 7.30. The smallest absolute Gasteiger partial charge is 0.414 e. The maximum absolute atomic E-state index is 13.9. The van der Waals surface area contributed by atoms with Crippen LogP contribution < -0.4 is 11.1 Å². The summed E-state index contributed by atoms with van der Waals surface area (Å²) in [5, 5.41) is 10.7. The van der Waals surface area contributed by atoms with Gasteiger partial charge in [-0.2, -0.15) is 4.31 Å². The molecule has 0 radical (unpaired) electrons. The third-order valence-corrected chi connectivity index (χ3v) is 9.03. The molecular formula is C29H44N6O8S. The summed E-state index contributed by atoms with van der Waals surface area (Å²) >= 11 is 0. The Hall–Kier alpha value is -3.72. The molecule has 2 heterocycles. The van der Waals surface area contributed by atoms with E-state index in [4.69, 9.17) is 20.6 Å². The highest BCUT2D eigenvalue weighted by atomic mass is 32.2. The molecule has 0 unspecified atom stereocenters. The van der Waals surface area contributed by atoms with Crippen molar-refractivity contribution >= 4 is 39.9 Å². The lowest BCUT2D eigenvalue weighted by atomic mass is 9.95. The first-order chi connectivity index (χ1) is 20.6. The number of likely N-dealkylation sites (tertiary alicyclic amines) is 2. The van der Waals surface area contributed by atoms with Crippen LogP contribution in [-0.2, 0) is 40.3 Å². The van der Waals surface area contributed by atoms with Crippen molar-refractivity contribution < 1.29 is 37.1 Å². The molecule has 44 heavy (non-hydrogen) atoms. The number of primary amides is 1. The number of ether oxygens (including phenoxy) is 2. The monoisotopic (exact) mass is 636 g/mol. The third-order valence-electron chi connectivity index (χ3n) is 7.78. The quantitative estimate of drug-likeness (QED) is 0.181. The van der Waals surface area contributed by atoms with E-state index in [9.17, 15) is 27.6 Å². The molecule has 3 rings (SSSR count). The van der Waals surface area contributed by atoms with Crippen LogP contribution in [0.3, 0.4) is 0 Å². The minimum Gasteiger partial charge on any atom is -0.462 e. The summed E-state index contributed by atoms with van der Waals surface area (Å²) < 4.78 is 37.8. The Labute approximate surface area is 258 Å². The van der Waals surface area contributed by atoms with Crippen LogP contribution in [0.1, 0.15) is 52.0 Å². The Balaban J connectivity index is 1.68. The van der Waals surface area contributed by atoms with Gasteiger partial charge in [0.25, 0.3) is 0 Å². The summed E-state index contributed by atoms with van der Waals surface area (Å²) in [7, 11) is -3.86. The molecular weight excluding hydrogens is 592 g/mol. The van der Waals surface area contributed by atoms with Crippen molar-refractivity contribution in [1.29, 1.82) is 5.41 Å². The molecule has 2 atom stereocenters.